The number of nitrogens with zero attached hydrogens (tertiary/aromatic N) is 1. The number of amidine groups is 1. The summed E-state index contributed by atoms with van der Waals surface area (Å²) in [6.07, 6.45) is 4.18. The summed E-state index contributed by atoms with van der Waals surface area (Å²) in [6.45, 7) is 2.76. The van der Waals surface area contributed by atoms with E-state index < -0.39 is 9.84 Å². The minimum absolute atomic E-state index is 0.228. The standard InChI is InChI=1S/C10H20N2O2S2/c1-3-9-5-7-15-10(12-9)11-6-4-8-16(2,13)14/h9H,3-8H2,1-2H3,(H,11,12). The average Bonchev–Trinajstić information content (AvgIpc) is 2.23. The summed E-state index contributed by atoms with van der Waals surface area (Å²) in [5, 5.41) is 4.34. The number of hydrogen-bond donors (Lipinski definition) is 1. The van der Waals surface area contributed by atoms with Crippen LogP contribution in [0.1, 0.15) is 26.2 Å². The van der Waals surface area contributed by atoms with Crippen LogP contribution in [0.25, 0.3) is 0 Å². The maximum Gasteiger partial charge on any atom is 0.156 e. The molecule has 0 radical (unpaired) electrons. The van der Waals surface area contributed by atoms with E-state index in [2.05, 4.69) is 17.2 Å². The lowest BCUT2D eigenvalue weighted by molar-refractivity contribution is 0.570. The maximum atomic E-state index is 10.9. The van der Waals surface area contributed by atoms with Crippen molar-refractivity contribution in [3.63, 3.8) is 0 Å². The lowest BCUT2D eigenvalue weighted by atomic mass is 10.2. The molecule has 4 nitrogen and oxygen atoms in total. The maximum absolute atomic E-state index is 10.9. The van der Waals surface area contributed by atoms with Crippen LogP contribution in [-0.4, -0.2) is 43.9 Å². The van der Waals surface area contributed by atoms with Crippen LogP contribution in [0, 0.1) is 0 Å². The molecule has 0 aromatic carbocycles. The van der Waals surface area contributed by atoms with Gasteiger partial charge in [0.25, 0.3) is 0 Å². The lowest BCUT2D eigenvalue weighted by Crippen LogP contribution is -2.37. The first-order valence-corrected chi connectivity index (χ1v) is 8.67. The molecule has 0 spiro atoms. The van der Waals surface area contributed by atoms with E-state index in [0.717, 1.165) is 17.3 Å². The van der Waals surface area contributed by atoms with Gasteiger partial charge in [-0.1, -0.05) is 18.7 Å². The van der Waals surface area contributed by atoms with E-state index in [1.165, 1.54) is 12.7 Å². The normalized spacial score (nSPS) is 24.4. The fraction of sp³-hybridized carbons (Fsp3) is 0.900. The molecule has 1 saturated heterocycles. The van der Waals surface area contributed by atoms with Gasteiger partial charge in [0, 0.05) is 24.6 Å². The van der Waals surface area contributed by atoms with Crippen molar-refractivity contribution in [3.05, 3.63) is 0 Å². The minimum atomic E-state index is -2.84. The molecule has 0 amide bonds. The number of thioether (sulfide) groups is 1. The van der Waals surface area contributed by atoms with E-state index in [4.69, 9.17) is 0 Å². The van der Waals surface area contributed by atoms with Gasteiger partial charge in [0.05, 0.1) is 5.75 Å². The monoisotopic (exact) mass is 264 g/mol. The molecule has 0 aromatic heterocycles. The van der Waals surface area contributed by atoms with Crippen molar-refractivity contribution in [3.8, 4) is 0 Å². The summed E-state index contributed by atoms with van der Waals surface area (Å²) in [5.74, 6) is 1.34. The summed E-state index contributed by atoms with van der Waals surface area (Å²) in [5.41, 5.74) is 0. The van der Waals surface area contributed by atoms with Crippen LogP contribution in [-0.2, 0) is 9.84 Å². The highest BCUT2D eigenvalue weighted by atomic mass is 32.2. The molecule has 94 valence electrons. The Morgan fingerprint density at radius 2 is 2.31 bits per heavy atom. The van der Waals surface area contributed by atoms with Gasteiger partial charge < -0.3 is 5.32 Å². The summed E-state index contributed by atoms with van der Waals surface area (Å²) in [6, 6.07) is 0.537. The fourth-order valence-electron chi connectivity index (χ4n) is 1.49. The molecule has 0 saturated carbocycles. The number of sulfone groups is 1. The summed E-state index contributed by atoms with van der Waals surface area (Å²) < 4.78 is 21.8. The van der Waals surface area contributed by atoms with E-state index in [9.17, 15) is 8.42 Å². The Bertz CT molecular complexity index is 339. The molecule has 16 heavy (non-hydrogen) atoms. The molecule has 1 aliphatic rings. The first-order valence-electron chi connectivity index (χ1n) is 5.63. The highest BCUT2D eigenvalue weighted by Gasteiger charge is 2.15. The molecular weight excluding hydrogens is 244 g/mol. The van der Waals surface area contributed by atoms with Crippen molar-refractivity contribution in [1.82, 2.24) is 5.32 Å². The second-order valence-electron chi connectivity index (χ2n) is 4.06. The third kappa shape index (κ3) is 5.75. The molecule has 1 fully saturated rings. The third-order valence-corrected chi connectivity index (χ3v) is 4.44. The largest absolute Gasteiger partial charge is 0.362 e. The summed E-state index contributed by atoms with van der Waals surface area (Å²) in [7, 11) is -2.84. The van der Waals surface area contributed by atoms with Gasteiger partial charge >= 0.3 is 0 Å². The predicted octanol–water partition coefficient (Wildman–Crippen LogP) is 1.28. The van der Waals surface area contributed by atoms with Crippen molar-refractivity contribution in [2.24, 2.45) is 4.99 Å². The van der Waals surface area contributed by atoms with Crippen molar-refractivity contribution in [2.45, 2.75) is 32.2 Å². The van der Waals surface area contributed by atoms with E-state index in [1.807, 2.05) is 0 Å². The molecule has 1 aliphatic heterocycles. The van der Waals surface area contributed by atoms with Gasteiger partial charge in [-0.05, 0) is 19.3 Å². The van der Waals surface area contributed by atoms with E-state index in [1.54, 1.807) is 11.8 Å². The van der Waals surface area contributed by atoms with Crippen molar-refractivity contribution < 1.29 is 8.42 Å². The van der Waals surface area contributed by atoms with Gasteiger partial charge in [-0.3, -0.25) is 4.99 Å². The highest BCUT2D eigenvalue weighted by molar-refractivity contribution is 8.13. The Hall–Kier alpha value is -0.230. The van der Waals surface area contributed by atoms with Gasteiger partial charge in [0.2, 0.25) is 0 Å². The third-order valence-electron chi connectivity index (χ3n) is 2.45. The van der Waals surface area contributed by atoms with Crippen molar-refractivity contribution >= 4 is 26.8 Å². The smallest absolute Gasteiger partial charge is 0.156 e. The van der Waals surface area contributed by atoms with Crippen LogP contribution in [0.2, 0.25) is 0 Å². The second-order valence-corrected chi connectivity index (χ2v) is 7.40. The Morgan fingerprint density at radius 3 is 2.94 bits per heavy atom. The van der Waals surface area contributed by atoms with Crippen LogP contribution in [0.5, 0.6) is 0 Å². The fourth-order valence-corrected chi connectivity index (χ4v) is 3.17. The number of rotatable bonds is 5. The topological polar surface area (TPSA) is 58.5 Å². The zero-order chi connectivity index (χ0) is 12.0. The molecule has 1 rings (SSSR count). The molecular formula is C10H20N2O2S2. The van der Waals surface area contributed by atoms with Crippen LogP contribution in [0.4, 0.5) is 0 Å². The molecule has 1 N–H and O–H groups in total. The van der Waals surface area contributed by atoms with Gasteiger partial charge in [0.15, 0.2) is 5.17 Å². The van der Waals surface area contributed by atoms with Gasteiger partial charge in [-0.25, -0.2) is 8.42 Å². The zero-order valence-corrected chi connectivity index (χ0v) is 11.5. The van der Waals surface area contributed by atoms with Crippen LogP contribution in [0.15, 0.2) is 4.99 Å². The van der Waals surface area contributed by atoms with Crippen LogP contribution < -0.4 is 5.32 Å². The van der Waals surface area contributed by atoms with E-state index in [-0.39, 0.29) is 5.75 Å². The van der Waals surface area contributed by atoms with Crippen molar-refractivity contribution in [1.29, 1.82) is 0 Å². The molecule has 0 aromatic rings. The first kappa shape index (κ1) is 13.8. The molecule has 0 bridgehead atoms. The second kappa shape index (κ2) is 6.49. The van der Waals surface area contributed by atoms with Crippen LogP contribution in [0.3, 0.4) is 0 Å². The van der Waals surface area contributed by atoms with Crippen LogP contribution >= 0.6 is 11.8 Å². The Labute approximate surface area is 102 Å². The quantitative estimate of drug-likeness (QED) is 0.760. The van der Waals surface area contributed by atoms with Crippen molar-refractivity contribution in [2.75, 3.05) is 24.3 Å². The SMILES string of the molecule is CCC1CCSC(=NCCCS(C)(=O)=O)N1. The minimum Gasteiger partial charge on any atom is -0.362 e. The van der Waals surface area contributed by atoms with Gasteiger partial charge in [0.1, 0.15) is 9.84 Å². The zero-order valence-electron chi connectivity index (χ0n) is 9.90. The average molecular weight is 264 g/mol. The molecule has 1 heterocycles. The first-order chi connectivity index (χ1) is 7.51. The molecule has 6 heteroatoms. The van der Waals surface area contributed by atoms with Gasteiger partial charge in [-0.2, -0.15) is 0 Å². The predicted molar refractivity (Wildman–Crippen MR) is 70.9 cm³/mol. The van der Waals surface area contributed by atoms with E-state index in [0.29, 0.717) is 19.0 Å². The Kier molecular flexibility index (Phi) is 5.61. The van der Waals surface area contributed by atoms with E-state index >= 15 is 0 Å². The number of hydrogen-bond acceptors (Lipinski definition) is 4. The molecule has 1 atom stereocenters. The highest BCUT2D eigenvalue weighted by Crippen LogP contribution is 2.15. The number of aliphatic imine (C=N–C) groups is 1. The Balaban J connectivity index is 2.28. The number of nitrogens with one attached hydrogen (secondary N) is 1. The lowest BCUT2D eigenvalue weighted by Gasteiger charge is -2.24. The molecule has 1 unspecified atom stereocenters. The molecule has 0 aliphatic carbocycles. The van der Waals surface area contributed by atoms with Gasteiger partial charge in [-0.15, -0.1) is 0 Å². The Morgan fingerprint density at radius 1 is 1.56 bits per heavy atom. The summed E-state index contributed by atoms with van der Waals surface area (Å²) in [4.78, 5) is 4.39. The summed E-state index contributed by atoms with van der Waals surface area (Å²) >= 11 is 1.73.